The van der Waals surface area contributed by atoms with Crippen LogP contribution in [0.2, 0.25) is 5.02 Å². The van der Waals surface area contributed by atoms with Crippen molar-refractivity contribution in [3.05, 3.63) is 110 Å². The number of nitrogens with zero attached hydrogens (tertiary/aromatic N) is 1. The van der Waals surface area contributed by atoms with Gasteiger partial charge in [0, 0.05) is 12.1 Å². The highest BCUT2D eigenvalue weighted by Gasteiger charge is 2.17. The number of hydrogen-bond acceptors (Lipinski definition) is 6. The Kier molecular flexibility index (Phi) is 7.21. The molecule has 0 aliphatic rings. The number of hydrogen-bond donors (Lipinski definition) is 1. The minimum absolute atomic E-state index is 0.0395. The van der Waals surface area contributed by atoms with Gasteiger partial charge in [-0.25, -0.2) is 4.39 Å². The van der Waals surface area contributed by atoms with E-state index < -0.39 is 16.6 Å². The smallest absolute Gasteiger partial charge is 0.291 e. The number of ether oxygens (including phenoxy) is 2. The minimum atomic E-state index is -0.626. The summed E-state index contributed by atoms with van der Waals surface area (Å²) >= 11 is 5.94. The number of benzene rings is 3. The number of non-ortho nitro benzene ring substituents is 1. The average molecular weight is 511 g/mol. The molecule has 0 unspecified atom stereocenters. The average Bonchev–Trinajstić information content (AvgIpc) is 3.30. The fourth-order valence-corrected chi connectivity index (χ4v) is 3.50. The number of halogens is 2. The van der Waals surface area contributed by atoms with Crippen LogP contribution in [0, 0.1) is 29.8 Å². The molecule has 1 aromatic heterocycles. The predicted molar refractivity (Wildman–Crippen MR) is 131 cm³/mol. The molecule has 1 amide bonds. The number of carbonyl (C=O) groups excluding carboxylic acids is 1. The molecule has 0 spiro atoms. The summed E-state index contributed by atoms with van der Waals surface area (Å²) in [6.45, 7) is 3.71. The summed E-state index contributed by atoms with van der Waals surface area (Å²) in [5, 5.41) is 14.1. The molecule has 0 fully saturated rings. The Morgan fingerprint density at radius 3 is 2.61 bits per heavy atom. The number of nitro groups is 1. The van der Waals surface area contributed by atoms with Gasteiger partial charge < -0.3 is 19.2 Å². The third-order valence-corrected chi connectivity index (χ3v) is 5.38. The topological polar surface area (TPSA) is 104 Å². The first-order valence-electron chi connectivity index (χ1n) is 10.7. The van der Waals surface area contributed by atoms with Gasteiger partial charge in [0.15, 0.2) is 5.76 Å². The maximum Gasteiger partial charge on any atom is 0.291 e. The minimum Gasteiger partial charge on any atom is -0.484 e. The Labute approximate surface area is 210 Å². The zero-order valence-corrected chi connectivity index (χ0v) is 20.0. The molecule has 0 saturated heterocycles. The zero-order valence-electron chi connectivity index (χ0n) is 19.2. The lowest BCUT2D eigenvalue weighted by Crippen LogP contribution is -2.11. The van der Waals surface area contributed by atoms with Crippen LogP contribution in [-0.2, 0) is 6.61 Å². The van der Waals surface area contributed by atoms with Crippen LogP contribution < -0.4 is 14.8 Å². The molecule has 36 heavy (non-hydrogen) atoms. The number of aryl methyl sites for hydroxylation is 2. The van der Waals surface area contributed by atoms with Crippen molar-refractivity contribution in [2.75, 3.05) is 5.32 Å². The van der Waals surface area contributed by atoms with Gasteiger partial charge in [0.25, 0.3) is 11.6 Å². The normalized spacial score (nSPS) is 10.7. The summed E-state index contributed by atoms with van der Waals surface area (Å²) < 4.78 is 30.1. The van der Waals surface area contributed by atoms with E-state index in [1.165, 1.54) is 42.5 Å². The van der Waals surface area contributed by atoms with Crippen LogP contribution in [0.25, 0.3) is 0 Å². The largest absolute Gasteiger partial charge is 0.484 e. The van der Waals surface area contributed by atoms with Gasteiger partial charge in [0.1, 0.15) is 35.4 Å². The Hall–Kier alpha value is -4.37. The molecule has 1 N–H and O–H groups in total. The Balaban J connectivity index is 1.48. The molecule has 0 atom stereocenters. The van der Waals surface area contributed by atoms with Crippen molar-refractivity contribution in [1.82, 2.24) is 0 Å². The standard InChI is InChI=1S/C26H20ClFN2O6/c1-15-3-4-16(2)25(9-15)36-21-12-18(11-19(13-21)30(32)33)29-26(31)24-8-6-20(35-24)14-34-23-7-5-17(28)10-22(23)27/h3-13H,14H2,1-2H3,(H,29,31). The van der Waals surface area contributed by atoms with Crippen molar-refractivity contribution >= 4 is 28.9 Å². The number of amides is 1. The Morgan fingerprint density at radius 1 is 1.06 bits per heavy atom. The van der Waals surface area contributed by atoms with E-state index in [0.29, 0.717) is 11.5 Å². The summed E-state index contributed by atoms with van der Waals surface area (Å²) in [6, 6.07) is 16.3. The third-order valence-electron chi connectivity index (χ3n) is 5.08. The Morgan fingerprint density at radius 2 is 1.86 bits per heavy atom. The van der Waals surface area contributed by atoms with Crippen molar-refractivity contribution in [2.45, 2.75) is 20.5 Å². The van der Waals surface area contributed by atoms with Crippen molar-refractivity contribution in [1.29, 1.82) is 0 Å². The molecule has 1 heterocycles. The lowest BCUT2D eigenvalue weighted by atomic mass is 10.1. The summed E-state index contributed by atoms with van der Waals surface area (Å²) in [4.78, 5) is 23.6. The SMILES string of the molecule is Cc1ccc(C)c(Oc2cc(NC(=O)c3ccc(COc4ccc(F)cc4Cl)o3)cc([N+](=O)[O-])c2)c1. The van der Waals surface area contributed by atoms with E-state index in [0.717, 1.165) is 17.2 Å². The zero-order chi connectivity index (χ0) is 25.8. The Bertz CT molecular complexity index is 1450. The fraction of sp³-hybridized carbons (Fsp3) is 0.115. The maximum absolute atomic E-state index is 13.2. The number of furan rings is 1. The van der Waals surface area contributed by atoms with Crippen LogP contribution in [0.5, 0.6) is 17.2 Å². The highest BCUT2D eigenvalue weighted by Crippen LogP contribution is 2.32. The summed E-state index contributed by atoms with van der Waals surface area (Å²) in [5.41, 5.74) is 1.72. The van der Waals surface area contributed by atoms with Crippen molar-refractivity contribution in [3.63, 3.8) is 0 Å². The molecule has 0 aliphatic carbocycles. The van der Waals surface area contributed by atoms with Crippen molar-refractivity contribution in [3.8, 4) is 17.2 Å². The molecular weight excluding hydrogens is 491 g/mol. The predicted octanol–water partition coefficient (Wildman–Crippen LogP) is 7.22. The van der Waals surface area contributed by atoms with Crippen LogP contribution in [0.15, 0.2) is 71.1 Å². The number of nitrogens with one attached hydrogen (secondary N) is 1. The van der Waals surface area contributed by atoms with E-state index in [2.05, 4.69) is 5.32 Å². The lowest BCUT2D eigenvalue weighted by Gasteiger charge is -2.11. The first-order valence-corrected chi connectivity index (χ1v) is 11.1. The second-order valence-electron chi connectivity index (χ2n) is 7.93. The molecule has 4 aromatic rings. The number of carbonyl (C=O) groups is 1. The van der Waals surface area contributed by atoms with Crippen molar-refractivity contribution < 1.29 is 28.0 Å². The van der Waals surface area contributed by atoms with Gasteiger partial charge >= 0.3 is 0 Å². The van der Waals surface area contributed by atoms with Gasteiger partial charge in [-0.15, -0.1) is 0 Å². The van der Waals surface area contributed by atoms with Crippen molar-refractivity contribution in [2.24, 2.45) is 0 Å². The first kappa shape index (κ1) is 24.7. The molecule has 0 radical (unpaired) electrons. The van der Waals surface area contributed by atoms with Crippen LogP contribution in [0.1, 0.15) is 27.4 Å². The molecular formula is C26H20ClFN2O6. The highest BCUT2D eigenvalue weighted by molar-refractivity contribution is 6.32. The third kappa shape index (κ3) is 6.00. The van der Waals surface area contributed by atoms with Crippen LogP contribution >= 0.6 is 11.6 Å². The molecule has 0 bridgehead atoms. The van der Waals surface area contributed by atoms with E-state index >= 15 is 0 Å². The van der Waals surface area contributed by atoms with E-state index in [4.69, 9.17) is 25.5 Å². The lowest BCUT2D eigenvalue weighted by molar-refractivity contribution is -0.384. The second kappa shape index (κ2) is 10.5. The molecule has 4 rings (SSSR count). The quantitative estimate of drug-likeness (QED) is 0.198. The van der Waals surface area contributed by atoms with Gasteiger partial charge in [-0.05, 0) is 61.4 Å². The second-order valence-corrected chi connectivity index (χ2v) is 8.33. The number of anilines is 1. The first-order chi connectivity index (χ1) is 17.2. The van der Waals surface area contributed by atoms with E-state index in [1.54, 1.807) is 0 Å². The summed E-state index contributed by atoms with van der Waals surface area (Å²) in [5.74, 6) is 0.157. The molecule has 8 nitrogen and oxygen atoms in total. The summed E-state index contributed by atoms with van der Waals surface area (Å²) in [7, 11) is 0. The fourth-order valence-electron chi connectivity index (χ4n) is 3.28. The molecule has 10 heteroatoms. The van der Waals surface area contributed by atoms with E-state index in [9.17, 15) is 19.3 Å². The van der Waals surface area contributed by atoms with Gasteiger partial charge in [-0.1, -0.05) is 23.7 Å². The van der Waals surface area contributed by atoms with Gasteiger partial charge in [-0.3, -0.25) is 14.9 Å². The molecule has 3 aromatic carbocycles. The monoisotopic (exact) mass is 510 g/mol. The maximum atomic E-state index is 13.2. The van der Waals surface area contributed by atoms with Gasteiger partial charge in [-0.2, -0.15) is 0 Å². The van der Waals surface area contributed by atoms with Crippen LogP contribution in [-0.4, -0.2) is 10.8 Å². The van der Waals surface area contributed by atoms with Crippen LogP contribution in [0.4, 0.5) is 15.8 Å². The van der Waals surface area contributed by atoms with Gasteiger partial charge in [0.2, 0.25) is 0 Å². The number of rotatable bonds is 8. The number of nitro benzene ring substituents is 1. The van der Waals surface area contributed by atoms with Gasteiger partial charge in [0.05, 0.1) is 21.7 Å². The summed E-state index contributed by atoms with van der Waals surface area (Å²) in [6.07, 6.45) is 0. The van der Waals surface area contributed by atoms with Crippen LogP contribution in [0.3, 0.4) is 0 Å². The molecule has 184 valence electrons. The molecule has 0 saturated carbocycles. The van der Waals surface area contributed by atoms with E-state index in [-0.39, 0.29) is 40.3 Å². The highest BCUT2D eigenvalue weighted by atomic mass is 35.5. The molecule has 0 aliphatic heterocycles. The van der Waals surface area contributed by atoms with E-state index in [1.807, 2.05) is 32.0 Å².